The van der Waals surface area contributed by atoms with Crippen molar-refractivity contribution in [3.05, 3.63) is 26.6 Å². The van der Waals surface area contributed by atoms with Gasteiger partial charge in [0.2, 0.25) is 5.91 Å². The van der Waals surface area contributed by atoms with Crippen LogP contribution in [0, 0.1) is 4.77 Å². The highest BCUT2D eigenvalue weighted by atomic mass is 32.1. The number of imide groups is 1. The van der Waals surface area contributed by atoms with Gasteiger partial charge in [-0.1, -0.05) is 0 Å². The number of carbonyl (C=O) groups excluding carboxylic acids is 2. The Morgan fingerprint density at radius 3 is 2.79 bits per heavy atom. The van der Waals surface area contributed by atoms with Crippen LogP contribution in [0.4, 0.5) is 0 Å². The molecule has 8 heteroatoms. The zero-order valence-electron chi connectivity index (χ0n) is 9.87. The van der Waals surface area contributed by atoms with E-state index >= 15 is 0 Å². The number of nitrogens with zero attached hydrogens (tertiary/aromatic N) is 2. The first-order chi connectivity index (χ1) is 9.00. The lowest BCUT2D eigenvalue weighted by molar-refractivity contribution is -0.137. The molecule has 2 aromatic heterocycles. The second-order valence-electron chi connectivity index (χ2n) is 4.28. The molecule has 3 heterocycles. The number of thiophene rings is 1. The molecule has 3 rings (SSSR count). The predicted molar refractivity (Wildman–Crippen MR) is 72.7 cm³/mol. The van der Waals surface area contributed by atoms with E-state index in [0.29, 0.717) is 10.2 Å². The summed E-state index contributed by atoms with van der Waals surface area (Å²) in [6.07, 6.45) is -0.0242. The third kappa shape index (κ3) is 1.67. The van der Waals surface area contributed by atoms with Crippen LogP contribution in [0.15, 0.2) is 16.2 Å². The van der Waals surface area contributed by atoms with Gasteiger partial charge in [0.15, 0.2) is 4.77 Å². The van der Waals surface area contributed by atoms with E-state index in [0.717, 1.165) is 4.90 Å². The second kappa shape index (κ2) is 4.10. The van der Waals surface area contributed by atoms with Gasteiger partial charge in [0.25, 0.3) is 11.5 Å². The van der Waals surface area contributed by atoms with Crippen LogP contribution < -0.4 is 5.56 Å². The van der Waals surface area contributed by atoms with Crippen LogP contribution in [0.2, 0.25) is 0 Å². The van der Waals surface area contributed by atoms with Gasteiger partial charge in [-0.15, -0.1) is 11.3 Å². The molecule has 19 heavy (non-hydrogen) atoms. The predicted octanol–water partition coefficient (Wildman–Crippen LogP) is 1.05. The summed E-state index contributed by atoms with van der Waals surface area (Å²) >= 11 is 6.41. The number of aromatic amines is 1. The molecule has 1 aliphatic rings. The summed E-state index contributed by atoms with van der Waals surface area (Å²) in [5.74, 6) is -0.704. The molecular weight excluding hydrogens is 286 g/mol. The smallest absolute Gasteiger partial charge is 0.273 e. The van der Waals surface area contributed by atoms with Gasteiger partial charge in [0.05, 0.1) is 11.9 Å². The first-order valence-corrected chi connectivity index (χ1v) is 6.82. The maximum Gasteiger partial charge on any atom is 0.273 e. The summed E-state index contributed by atoms with van der Waals surface area (Å²) in [5.41, 5.74) is 0.330. The minimum absolute atomic E-state index is 0.0242. The zero-order chi connectivity index (χ0) is 13.7. The molecule has 1 atom stereocenters. The van der Waals surface area contributed by atoms with E-state index in [9.17, 15) is 14.4 Å². The first kappa shape index (κ1) is 12.2. The Hall–Kier alpha value is -1.80. The lowest BCUT2D eigenvalue weighted by atomic mass is 10.2. The molecule has 0 radical (unpaired) electrons. The van der Waals surface area contributed by atoms with Crippen molar-refractivity contribution in [2.45, 2.75) is 12.5 Å². The molecule has 0 aromatic carbocycles. The molecule has 1 unspecified atom stereocenters. The quantitative estimate of drug-likeness (QED) is 0.630. The van der Waals surface area contributed by atoms with Crippen LogP contribution in [0.5, 0.6) is 0 Å². The molecule has 1 N–H and O–H groups in total. The first-order valence-electron chi connectivity index (χ1n) is 5.53. The number of aromatic nitrogens is 2. The van der Waals surface area contributed by atoms with E-state index in [-0.39, 0.29) is 22.7 Å². The van der Waals surface area contributed by atoms with Gasteiger partial charge in [-0.3, -0.25) is 23.9 Å². The van der Waals surface area contributed by atoms with E-state index in [1.54, 1.807) is 11.4 Å². The molecule has 6 nitrogen and oxygen atoms in total. The number of likely N-dealkylation sites (N-methyl/N-ethyl adjacent to an activating group) is 1. The van der Waals surface area contributed by atoms with Gasteiger partial charge >= 0.3 is 0 Å². The number of H-pyrrole nitrogens is 1. The highest BCUT2D eigenvalue weighted by molar-refractivity contribution is 7.71. The fourth-order valence-electron chi connectivity index (χ4n) is 2.17. The van der Waals surface area contributed by atoms with Crippen molar-refractivity contribution >= 4 is 45.6 Å². The summed E-state index contributed by atoms with van der Waals surface area (Å²) in [6, 6.07) is 0.926. The van der Waals surface area contributed by atoms with Gasteiger partial charge in [0, 0.05) is 7.05 Å². The lowest BCUT2D eigenvalue weighted by Gasteiger charge is -2.12. The van der Waals surface area contributed by atoms with Crippen LogP contribution in [0.1, 0.15) is 12.5 Å². The Morgan fingerprint density at radius 2 is 2.16 bits per heavy atom. The van der Waals surface area contributed by atoms with E-state index in [4.69, 9.17) is 12.2 Å². The van der Waals surface area contributed by atoms with Gasteiger partial charge in [-0.2, -0.15) is 0 Å². The van der Waals surface area contributed by atoms with Crippen LogP contribution in [-0.4, -0.2) is 33.3 Å². The Kier molecular flexibility index (Phi) is 2.64. The topological polar surface area (TPSA) is 75.2 Å². The molecule has 1 aliphatic heterocycles. The van der Waals surface area contributed by atoms with Gasteiger partial charge in [-0.05, 0) is 23.7 Å². The van der Waals surface area contributed by atoms with Crippen molar-refractivity contribution in [2.75, 3.05) is 7.05 Å². The number of hydrogen-bond acceptors (Lipinski definition) is 5. The van der Waals surface area contributed by atoms with E-state index in [1.165, 1.54) is 23.0 Å². The summed E-state index contributed by atoms with van der Waals surface area (Å²) in [5, 5.41) is 1.77. The van der Waals surface area contributed by atoms with Gasteiger partial charge < -0.3 is 4.98 Å². The third-order valence-electron chi connectivity index (χ3n) is 3.21. The Balaban J connectivity index is 2.27. The van der Waals surface area contributed by atoms with Crippen molar-refractivity contribution in [1.29, 1.82) is 0 Å². The number of nitrogens with one attached hydrogen (secondary N) is 1. The highest BCUT2D eigenvalue weighted by Gasteiger charge is 2.38. The van der Waals surface area contributed by atoms with Crippen molar-refractivity contribution in [1.82, 2.24) is 14.5 Å². The standard InChI is InChI=1S/C11H9N3O3S2/c1-13-7(15)4-6(9(13)16)14-10(17)8-5(2-3-19-8)12-11(14)18/h2-3,6H,4H2,1H3,(H,12,18). The van der Waals surface area contributed by atoms with E-state index < -0.39 is 11.9 Å². The molecule has 2 amide bonds. The summed E-state index contributed by atoms with van der Waals surface area (Å²) in [4.78, 5) is 39.8. The van der Waals surface area contributed by atoms with E-state index in [2.05, 4.69) is 4.98 Å². The van der Waals surface area contributed by atoms with E-state index in [1.807, 2.05) is 0 Å². The van der Waals surface area contributed by atoms with Crippen molar-refractivity contribution in [3.8, 4) is 0 Å². The molecule has 0 bridgehead atoms. The number of hydrogen-bond donors (Lipinski definition) is 1. The summed E-state index contributed by atoms with van der Waals surface area (Å²) in [7, 11) is 1.41. The van der Waals surface area contributed by atoms with Crippen LogP contribution in [0.3, 0.4) is 0 Å². The molecule has 1 fully saturated rings. The molecule has 98 valence electrons. The fraction of sp³-hybridized carbons (Fsp3) is 0.273. The maximum atomic E-state index is 12.4. The van der Waals surface area contributed by atoms with Crippen molar-refractivity contribution in [2.24, 2.45) is 0 Å². The molecule has 0 spiro atoms. The van der Waals surface area contributed by atoms with Crippen molar-refractivity contribution < 1.29 is 9.59 Å². The summed E-state index contributed by atoms with van der Waals surface area (Å²) in [6.45, 7) is 0. The number of rotatable bonds is 1. The minimum Gasteiger partial charge on any atom is -0.331 e. The second-order valence-corrected chi connectivity index (χ2v) is 5.58. The maximum absolute atomic E-state index is 12.4. The number of fused-ring (bicyclic) bond motifs is 1. The lowest BCUT2D eigenvalue weighted by Crippen LogP contribution is -2.32. The molecule has 1 saturated heterocycles. The SMILES string of the molecule is CN1C(=O)CC(n2c(=S)[nH]c3ccsc3c2=O)C1=O. The molecule has 0 aliphatic carbocycles. The molecular formula is C11H9N3O3S2. The number of likely N-dealkylation sites (tertiary alicyclic amines) is 1. The van der Waals surface area contributed by atoms with Crippen LogP contribution >= 0.6 is 23.6 Å². The highest BCUT2D eigenvalue weighted by Crippen LogP contribution is 2.23. The normalized spacial score (nSPS) is 19.6. The Labute approximate surface area is 116 Å². The zero-order valence-corrected chi connectivity index (χ0v) is 11.5. The largest absolute Gasteiger partial charge is 0.331 e. The third-order valence-corrected chi connectivity index (χ3v) is 4.41. The average molecular weight is 295 g/mol. The average Bonchev–Trinajstić information content (AvgIpc) is 2.91. The number of carbonyl (C=O) groups is 2. The van der Waals surface area contributed by atoms with Crippen molar-refractivity contribution in [3.63, 3.8) is 0 Å². The Morgan fingerprint density at radius 1 is 1.42 bits per heavy atom. The van der Waals surface area contributed by atoms with Gasteiger partial charge in [-0.25, -0.2) is 0 Å². The minimum atomic E-state index is -0.833. The Bertz CT molecular complexity index is 816. The number of amides is 2. The van der Waals surface area contributed by atoms with Crippen LogP contribution in [-0.2, 0) is 9.59 Å². The monoisotopic (exact) mass is 295 g/mol. The fourth-order valence-corrected chi connectivity index (χ4v) is 3.28. The molecule has 0 saturated carbocycles. The molecule has 2 aromatic rings. The van der Waals surface area contributed by atoms with Gasteiger partial charge in [0.1, 0.15) is 10.7 Å². The summed E-state index contributed by atoms with van der Waals surface area (Å²) < 4.78 is 1.87. The van der Waals surface area contributed by atoms with Crippen LogP contribution in [0.25, 0.3) is 10.2 Å².